The first kappa shape index (κ1) is 11.5. The van der Waals surface area contributed by atoms with Gasteiger partial charge in [-0.05, 0) is 17.7 Å². The molecule has 0 heterocycles. The molecule has 6 heteroatoms. The highest BCUT2D eigenvalue weighted by Crippen LogP contribution is 2.04. The predicted octanol–water partition coefficient (Wildman–Crippen LogP) is -0.354. The maximum Gasteiger partial charge on any atom is 0.218 e. The Labute approximate surface area is 93.1 Å². The minimum atomic E-state index is -0.124. The molecule has 1 aromatic rings. The van der Waals surface area contributed by atoms with Crippen LogP contribution in [0.4, 0.5) is 0 Å². The largest absolute Gasteiger partial charge is 0.370 e. The molecule has 0 amide bonds. The molecule has 0 saturated carbocycles. The van der Waals surface area contributed by atoms with Gasteiger partial charge >= 0.3 is 0 Å². The van der Waals surface area contributed by atoms with Gasteiger partial charge in [0, 0.05) is 0 Å². The third kappa shape index (κ3) is 3.67. The fraction of sp³-hybridized carbons (Fsp3) is 0.100. The highest BCUT2D eigenvalue weighted by molar-refractivity contribution is 5.92. The quantitative estimate of drug-likeness (QED) is 0.461. The van der Waals surface area contributed by atoms with Gasteiger partial charge in [-0.3, -0.25) is 0 Å². The second kappa shape index (κ2) is 5.36. The summed E-state index contributed by atoms with van der Waals surface area (Å²) >= 11 is 0. The van der Waals surface area contributed by atoms with Gasteiger partial charge in [0.2, 0.25) is 5.96 Å². The van der Waals surface area contributed by atoms with Crippen molar-refractivity contribution in [1.29, 1.82) is 5.26 Å². The molecule has 1 rings (SSSR count). The molecule has 0 radical (unpaired) electrons. The first-order valence-corrected chi connectivity index (χ1v) is 4.50. The Hall–Kier alpha value is -2.55. The molecular formula is C10H12N6. The smallest absolute Gasteiger partial charge is 0.218 e. The van der Waals surface area contributed by atoms with E-state index in [0.717, 1.165) is 5.56 Å². The van der Waals surface area contributed by atoms with Gasteiger partial charge < -0.3 is 17.2 Å². The van der Waals surface area contributed by atoms with Gasteiger partial charge in [-0.25, -0.2) is 4.99 Å². The molecule has 6 N–H and O–H groups in total. The van der Waals surface area contributed by atoms with E-state index in [2.05, 4.69) is 9.98 Å². The zero-order chi connectivity index (χ0) is 12.0. The maximum atomic E-state index is 8.60. The molecule has 0 aliphatic rings. The zero-order valence-corrected chi connectivity index (χ0v) is 8.59. The van der Waals surface area contributed by atoms with E-state index in [-0.39, 0.29) is 11.9 Å². The Morgan fingerprint density at radius 1 is 1.19 bits per heavy atom. The van der Waals surface area contributed by atoms with E-state index in [9.17, 15) is 0 Å². The van der Waals surface area contributed by atoms with Crippen LogP contribution in [-0.2, 0) is 6.54 Å². The van der Waals surface area contributed by atoms with Crippen LogP contribution < -0.4 is 17.2 Å². The molecular weight excluding hydrogens is 204 g/mol. The number of aliphatic imine (C=N–C) groups is 2. The van der Waals surface area contributed by atoms with E-state index >= 15 is 0 Å². The summed E-state index contributed by atoms with van der Waals surface area (Å²) in [5.74, 6) is -0.0922. The van der Waals surface area contributed by atoms with Crippen LogP contribution >= 0.6 is 0 Å². The van der Waals surface area contributed by atoms with Crippen LogP contribution in [0.2, 0.25) is 0 Å². The minimum absolute atomic E-state index is 0.0318. The first-order chi connectivity index (χ1) is 7.61. The number of rotatable bonds is 2. The first-order valence-electron chi connectivity index (χ1n) is 4.50. The summed E-state index contributed by atoms with van der Waals surface area (Å²) in [6, 6.07) is 9.04. The highest BCUT2D eigenvalue weighted by atomic mass is 15.1. The van der Waals surface area contributed by atoms with Crippen LogP contribution in [0.15, 0.2) is 34.3 Å². The Kier molecular flexibility index (Phi) is 3.86. The number of nitrogens with zero attached hydrogens (tertiary/aromatic N) is 3. The third-order valence-corrected chi connectivity index (χ3v) is 1.75. The Morgan fingerprint density at radius 2 is 1.81 bits per heavy atom. The van der Waals surface area contributed by atoms with Crippen molar-refractivity contribution in [2.45, 2.75) is 6.54 Å². The molecule has 1 aromatic carbocycles. The molecule has 0 bridgehead atoms. The van der Waals surface area contributed by atoms with Gasteiger partial charge in [-0.15, -0.1) is 0 Å². The third-order valence-electron chi connectivity index (χ3n) is 1.75. The number of hydrogen-bond acceptors (Lipinski definition) is 2. The second-order valence-corrected chi connectivity index (χ2v) is 3.02. The SMILES string of the molecule is N#Cc1ccc(CN=C(N)N=C(N)N)cc1. The van der Waals surface area contributed by atoms with Crippen LogP contribution in [0.5, 0.6) is 0 Å². The van der Waals surface area contributed by atoms with Crippen molar-refractivity contribution in [3.63, 3.8) is 0 Å². The molecule has 0 fully saturated rings. The van der Waals surface area contributed by atoms with E-state index in [1.165, 1.54) is 0 Å². The fourth-order valence-electron chi connectivity index (χ4n) is 1.02. The standard InChI is InChI=1S/C10H12N6/c11-5-7-1-3-8(4-2-7)6-15-10(14)16-9(12)13/h1-4H,6H2,(H6,12,13,14,15,16). The Balaban J connectivity index is 2.68. The van der Waals surface area contributed by atoms with Crippen LogP contribution in [-0.4, -0.2) is 11.9 Å². The second-order valence-electron chi connectivity index (χ2n) is 3.02. The minimum Gasteiger partial charge on any atom is -0.370 e. The summed E-state index contributed by atoms with van der Waals surface area (Å²) in [6.45, 7) is 0.369. The van der Waals surface area contributed by atoms with Crippen LogP contribution in [0.3, 0.4) is 0 Å². The van der Waals surface area contributed by atoms with Crippen molar-refractivity contribution < 1.29 is 0 Å². The van der Waals surface area contributed by atoms with Crippen LogP contribution in [0.25, 0.3) is 0 Å². The normalized spacial score (nSPS) is 10.6. The number of nitrogens with two attached hydrogens (primary N) is 3. The molecule has 0 unspecified atom stereocenters. The monoisotopic (exact) mass is 216 g/mol. The number of nitriles is 1. The maximum absolute atomic E-state index is 8.60. The average molecular weight is 216 g/mol. The molecule has 0 saturated heterocycles. The average Bonchev–Trinajstić information content (AvgIpc) is 2.26. The Morgan fingerprint density at radius 3 is 2.31 bits per heavy atom. The van der Waals surface area contributed by atoms with Crippen molar-refractivity contribution in [3.05, 3.63) is 35.4 Å². The topological polar surface area (TPSA) is 127 Å². The molecule has 0 spiro atoms. The van der Waals surface area contributed by atoms with Gasteiger partial charge in [0.15, 0.2) is 5.96 Å². The molecule has 82 valence electrons. The van der Waals surface area contributed by atoms with Crippen molar-refractivity contribution in [2.24, 2.45) is 27.2 Å². The van der Waals surface area contributed by atoms with Crippen molar-refractivity contribution >= 4 is 11.9 Å². The van der Waals surface area contributed by atoms with Crippen molar-refractivity contribution in [1.82, 2.24) is 0 Å². The van der Waals surface area contributed by atoms with Gasteiger partial charge in [-0.1, -0.05) is 12.1 Å². The van der Waals surface area contributed by atoms with Crippen molar-refractivity contribution in [3.8, 4) is 6.07 Å². The molecule has 6 nitrogen and oxygen atoms in total. The summed E-state index contributed by atoms with van der Waals surface area (Å²) < 4.78 is 0. The zero-order valence-electron chi connectivity index (χ0n) is 8.59. The lowest BCUT2D eigenvalue weighted by Crippen LogP contribution is -2.26. The Bertz CT molecular complexity index is 447. The van der Waals surface area contributed by atoms with E-state index < -0.39 is 0 Å². The van der Waals surface area contributed by atoms with E-state index in [4.69, 9.17) is 22.5 Å². The summed E-state index contributed by atoms with van der Waals surface area (Å²) in [5.41, 5.74) is 17.2. The van der Waals surface area contributed by atoms with E-state index in [1.807, 2.05) is 6.07 Å². The fourth-order valence-corrected chi connectivity index (χ4v) is 1.02. The molecule has 0 aliphatic carbocycles. The number of hydrogen-bond donors (Lipinski definition) is 3. The van der Waals surface area contributed by atoms with Gasteiger partial charge in [0.25, 0.3) is 0 Å². The summed E-state index contributed by atoms with van der Waals surface area (Å²) in [7, 11) is 0. The van der Waals surface area contributed by atoms with E-state index in [0.29, 0.717) is 12.1 Å². The van der Waals surface area contributed by atoms with Gasteiger partial charge in [0.05, 0.1) is 18.2 Å². The summed E-state index contributed by atoms with van der Waals surface area (Å²) in [5, 5.41) is 8.60. The summed E-state index contributed by atoms with van der Waals surface area (Å²) in [6.07, 6.45) is 0. The van der Waals surface area contributed by atoms with Crippen LogP contribution in [0.1, 0.15) is 11.1 Å². The molecule has 0 aromatic heterocycles. The van der Waals surface area contributed by atoms with Gasteiger partial charge in [-0.2, -0.15) is 10.3 Å². The number of guanidine groups is 2. The number of benzene rings is 1. The highest BCUT2D eigenvalue weighted by Gasteiger charge is 1.94. The summed E-state index contributed by atoms with van der Waals surface area (Å²) in [4.78, 5) is 7.53. The lowest BCUT2D eigenvalue weighted by atomic mass is 10.1. The van der Waals surface area contributed by atoms with Crippen LogP contribution in [0, 0.1) is 11.3 Å². The van der Waals surface area contributed by atoms with Crippen molar-refractivity contribution in [2.75, 3.05) is 0 Å². The van der Waals surface area contributed by atoms with E-state index in [1.54, 1.807) is 24.3 Å². The molecule has 16 heavy (non-hydrogen) atoms. The van der Waals surface area contributed by atoms with Gasteiger partial charge in [0.1, 0.15) is 0 Å². The lowest BCUT2D eigenvalue weighted by molar-refractivity contribution is 1.05. The lowest BCUT2D eigenvalue weighted by Gasteiger charge is -1.97. The predicted molar refractivity (Wildman–Crippen MR) is 62.3 cm³/mol. The molecule has 0 aliphatic heterocycles. The molecule has 0 atom stereocenters.